The molecule has 8 nitrogen and oxygen atoms in total. The van der Waals surface area contributed by atoms with Gasteiger partial charge in [0.2, 0.25) is 0 Å². The number of alkyl halides is 3. The number of piperidine rings is 2. The second kappa shape index (κ2) is 14.0. The van der Waals surface area contributed by atoms with Gasteiger partial charge < -0.3 is 24.6 Å². The first-order valence-corrected chi connectivity index (χ1v) is 13.5. The second-order valence-electron chi connectivity index (χ2n) is 9.71. The van der Waals surface area contributed by atoms with Crippen LogP contribution >= 0.6 is 12.2 Å². The third-order valence-electron chi connectivity index (χ3n) is 7.11. The fourth-order valence-corrected chi connectivity index (χ4v) is 5.25. The molecule has 0 amide bonds. The van der Waals surface area contributed by atoms with Crippen molar-refractivity contribution in [2.24, 2.45) is 0 Å². The molecule has 0 aliphatic carbocycles. The number of thiocarbonyl (C=S) groups is 1. The Morgan fingerprint density at radius 2 is 1.73 bits per heavy atom. The topological polar surface area (TPSA) is 80.1 Å². The van der Waals surface area contributed by atoms with Crippen molar-refractivity contribution >= 4 is 34.3 Å². The molecular formula is C28H37F3N4O4S. The van der Waals surface area contributed by atoms with E-state index in [2.05, 4.69) is 27.2 Å². The van der Waals surface area contributed by atoms with Gasteiger partial charge in [0.05, 0.1) is 24.2 Å². The molecule has 0 radical (unpaired) electrons. The van der Waals surface area contributed by atoms with Gasteiger partial charge in [-0.3, -0.25) is 10.1 Å². The Kier molecular flexibility index (Phi) is 11.0. The zero-order chi connectivity index (χ0) is 28.0. The lowest BCUT2D eigenvalue weighted by atomic mass is 10.0. The van der Waals surface area contributed by atoms with Crippen LogP contribution in [0.2, 0.25) is 0 Å². The minimum absolute atomic E-state index is 0. The third kappa shape index (κ3) is 8.20. The van der Waals surface area contributed by atoms with E-state index >= 15 is 0 Å². The summed E-state index contributed by atoms with van der Waals surface area (Å²) >= 11 is 5.61. The van der Waals surface area contributed by atoms with Crippen molar-refractivity contribution in [3.8, 4) is 5.75 Å². The summed E-state index contributed by atoms with van der Waals surface area (Å²) in [4.78, 5) is 15.1. The molecule has 4 rings (SSSR count). The van der Waals surface area contributed by atoms with E-state index < -0.39 is 22.4 Å². The number of nitrogens with one attached hydrogen (secondary N) is 1. The van der Waals surface area contributed by atoms with Gasteiger partial charge in [0.1, 0.15) is 16.3 Å². The molecule has 0 aromatic heterocycles. The van der Waals surface area contributed by atoms with Gasteiger partial charge in [-0.25, -0.2) is 0 Å². The number of anilines is 2. The molecule has 2 aliphatic rings. The van der Waals surface area contributed by atoms with Gasteiger partial charge >= 0.3 is 6.18 Å². The van der Waals surface area contributed by atoms with Crippen LogP contribution in [0.15, 0.2) is 42.5 Å². The fraction of sp³-hybridized carbons (Fsp3) is 0.536. The Labute approximate surface area is 238 Å². The maximum atomic E-state index is 13.3. The van der Waals surface area contributed by atoms with E-state index in [1.54, 1.807) is 0 Å². The van der Waals surface area contributed by atoms with Crippen molar-refractivity contribution in [2.45, 2.75) is 58.4 Å². The molecule has 0 saturated carbocycles. The lowest BCUT2D eigenvalue weighted by Crippen LogP contribution is -2.44. The summed E-state index contributed by atoms with van der Waals surface area (Å²) in [6.45, 7) is 6.12. The Balaban J connectivity index is 0.00000441. The summed E-state index contributed by atoms with van der Waals surface area (Å²) in [5.74, 6) is 0.870. The molecule has 1 N–H and O–H groups in total. The summed E-state index contributed by atoms with van der Waals surface area (Å²) in [5, 5.41) is 14.1. The first-order chi connectivity index (χ1) is 18.6. The molecule has 40 heavy (non-hydrogen) atoms. The number of rotatable bonds is 9. The zero-order valence-electron chi connectivity index (χ0n) is 21.8. The highest BCUT2D eigenvalue weighted by molar-refractivity contribution is 7.80. The molecule has 0 spiro atoms. The van der Waals surface area contributed by atoms with Crippen molar-refractivity contribution in [2.75, 3.05) is 49.6 Å². The summed E-state index contributed by atoms with van der Waals surface area (Å²) in [7, 11) is 0. The lowest BCUT2D eigenvalue weighted by molar-refractivity contribution is -0.388. The van der Waals surface area contributed by atoms with Crippen molar-refractivity contribution < 1.29 is 27.6 Å². The molecule has 12 heteroatoms. The first-order valence-electron chi connectivity index (χ1n) is 13.1. The molecule has 0 unspecified atom stereocenters. The minimum Gasteiger partial charge on any atom is -0.494 e. The van der Waals surface area contributed by atoms with Gasteiger partial charge in [0, 0.05) is 49.7 Å². The van der Waals surface area contributed by atoms with E-state index in [1.165, 1.54) is 11.8 Å². The number of nitrogens with zero attached hydrogens (tertiary/aromatic N) is 3. The Morgan fingerprint density at radius 3 is 2.30 bits per heavy atom. The molecule has 2 heterocycles. The highest BCUT2D eigenvalue weighted by Gasteiger charge is 2.38. The average Bonchev–Trinajstić information content (AvgIpc) is 2.92. The van der Waals surface area contributed by atoms with E-state index in [-0.39, 0.29) is 25.3 Å². The van der Waals surface area contributed by atoms with Crippen molar-refractivity contribution in [3.05, 3.63) is 58.1 Å². The van der Waals surface area contributed by atoms with E-state index in [0.29, 0.717) is 39.1 Å². The van der Waals surface area contributed by atoms with E-state index in [9.17, 15) is 23.3 Å². The van der Waals surface area contributed by atoms with Crippen LogP contribution < -0.4 is 15.0 Å². The van der Waals surface area contributed by atoms with Crippen LogP contribution in [-0.2, 0) is 10.9 Å². The van der Waals surface area contributed by atoms with Crippen LogP contribution in [-0.4, -0.2) is 66.4 Å². The Bertz CT molecular complexity index is 1130. The minimum atomic E-state index is -4.80. The SMILES string of the molecule is C.CCOc1ccc(N2CCC(OCC(=S)N3CCC(Nc4ccc([N+](=O)[O-])c(C(F)(F)F)c4)CC3)CC2)cc1. The molecule has 0 atom stereocenters. The number of hydrogen-bond donors (Lipinski definition) is 1. The highest BCUT2D eigenvalue weighted by atomic mass is 32.1. The van der Waals surface area contributed by atoms with Gasteiger partial charge in [-0.05, 0) is 69.0 Å². The number of benzene rings is 2. The maximum Gasteiger partial charge on any atom is 0.423 e. The smallest absolute Gasteiger partial charge is 0.423 e. The standard InChI is InChI=1S/C27H33F3N4O4S.CH4/c1-2-37-22-6-4-21(5-7-22)32-15-11-23(12-16-32)38-18-26(39)33-13-9-19(10-14-33)31-20-3-8-25(34(35)36)24(17-20)27(28,29)30;/h3-8,17,19,23,31H,2,9-16,18H2,1H3;1H4. The van der Waals surface area contributed by atoms with Crippen molar-refractivity contribution in [1.29, 1.82) is 0 Å². The first kappa shape index (κ1) is 31.4. The van der Waals surface area contributed by atoms with E-state index in [4.69, 9.17) is 21.7 Å². The van der Waals surface area contributed by atoms with Gasteiger partial charge in [0.25, 0.3) is 5.69 Å². The molecular weight excluding hydrogens is 545 g/mol. The molecule has 2 aliphatic heterocycles. The van der Waals surface area contributed by atoms with Crippen molar-refractivity contribution in [3.63, 3.8) is 0 Å². The highest BCUT2D eigenvalue weighted by Crippen LogP contribution is 2.38. The number of likely N-dealkylation sites (tertiary alicyclic amines) is 1. The molecule has 2 aromatic rings. The average molecular weight is 583 g/mol. The summed E-state index contributed by atoms with van der Waals surface area (Å²) < 4.78 is 51.5. The Morgan fingerprint density at radius 1 is 1.07 bits per heavy atom. The maximum absolute atomic E-state index is 13.3. The number of halogens is 3. The number of ether oxygens (including phenoxy) is 2. The monoisotopic (exact) mass is 582 g/mol. The molecule has 2 saturated heterocycles. The van der Waals surface area contributed by atoms with E-state index in [1.807, 2.05) is 19.1 Å². The van der Waals surface area contributed by atoms with E-state index in [0.717, 1.165) is 48.8 Å². The predicted molar refractivity (Wildman–Crippen MR) is 154 cm³/mol. The zero-order valence-corrected chi connectivity index (χ0v) is 22.6. The third-order valence-corrected chi connectivity index (χ3v) is 7.49. The van der Waals surface area contributed by atoms with Crippen LogP contribution in [0.3, 0.4) is 0 Å². The van der Waals surface area contributed by atoms with Gasteiger partial charge in [-0.15, -0.1) is 0 Å². The molecule has 0 bridgehead atoms. The number of hydrogen-bond acceptors (Lipinski definition) is 7. The molecule has 2 fully saturated rings. The van der Waals surface area contributed by atoms with Crippen LogP contribution in [0.4, 0.5) is 30.2 Å². The van der Waals surface area contributed by atoms with Gasteiger partial charge in [-0.1, -0.05) is 19.6 Å². The van der Waals surface area contributed by atoms with Crippen molar-refractivity contribution in [1.82, 2.24) is 4.90 Å². The predicted octanol–water partition coefficient (Wildman–Crippen LogP) is 6.54. The second-order valence-corrected chi connectivity index (χ2v) is 10.2. The number of nitro groups is 1. The molecule has 220 valence electrons. The van der Waals surface area contributed by atoms with Crippen LogP contribution in [0.1, 0.15) is 45.6 Å². The van der Waals surface area contributed by atoms with Crippen LogP contribution in [0.5, 0.6) is 5.75 Å². The Hall–Kier alpha value is -3.12. The molecule has 2 aromatic carbocycles. The summed E-state index contributed by atoms with van der Waals surface area (Å²) in [6.07, 6.45) is -1.47. The summed E-state index contributed by atoms with van der Waals surface area (Å²) in [6, 6.07) is 11.1. The number of nitro benzene ring substituents is 1. The van der Waals surface area contributed by atoms with Gasteiger partial charge in [0.15, 0.2) is 0 Å². The quantitative estimate of drug-likeness (QED) is 0.203. The normalized spacial score (nSPS) is 16.8. The largest absolute Gasteiger partial charge is 0.494 e. The summed E-state index contributed by atoms with van der Waals surface area (Å²) in [5.41, 5.74) is -0.810. The lowest BCUT2D eigenvalue weighted by Gasteiger charge is -2.36. The fourth-order valence-electron chi connectivity index (χ4n) is 5.00. The van der Waals surface area contributed by atoms with Gasteiger partial charge in [-0.2, -0.15) is 13.2 Å². The van der Waals surface area contributed by atoms with Crippen LogP contribution in [0.25, 0.3) is 0 Å². The van der Waals surface area contributed by atoms with Crippen LogP contribution in [0, 0.1) is 10.1 Å².